The minimum absolute atomic E-state index is 0.0138. The van der Waals surface area contributed by atoms with E-state index in [0.717, 1.165) is 16.7 Å². The van der Waals surface area contributed by atoms with Crippen LogP contribution in [0.3, 0.4) is 0 Å². The molecule has 1 aliphatic carbocycles. The minimum Gasteiger partial charge on any atom is -0.466 e. The number of carbonyl (C=O) groups excluding carboxylic acids is 2. The third-order valence-electron chi connectivity index (χ3n) is 6.92. The van der Waals surface area contributed by atoms with E-state index in [4.69, 9.17) is 14.2 Å². The maximum atomic E-state index is 13.0. The van der Waals surface area contributed by atoms with Crippen LogP contribution in [0.4, 0.5) is 0 Å². The molecule has 37 heavy (non-hydrogen) atoms. The second-order valence-electron chi connectivity index (χ2n) is 9.77. The smallest absolute Gasteiger partial charge is 0.306 e. The summed E-state index contributed by atoms with van der Waals surface area (Å²) >= 11 is 0. The molecule has 1 amide bonds. The van der Waals surface area contributed by atoms with Crippen LogP contribution < -0.4 is 0 Å². The van der Waals surface area contributed by atoms with Gasteiger partial charge in [0, 0.05) is 24.6 Å². The van der Waals surface area contributed by atoms with Gasteiger partial charge in [-0.15, -0.1) is 0 Å². The van der Waals surface area contributed by atoms with Crippen LogP contribution in [-0.2, 0) is 37.0 Å². The Morgan fingerprint density at radius 1 is 0.892 bits per heavy atom. The molecule has 0 heterocycles. The van der Waals surface area contributed by atoms with E-state index in [1.54, 1.807) is 11.0 Å². The molecule has 1 fully saturated rings. The SMILES string of the molecule is CCOC(=O)CC1CC(COCc2ccccc2)(COCc2ccccc2)CC1=CC(=O)N(CC)CC. The Hall–Kier alpha value is -2.96. The number of carbonyl (C=O) groups is 2. The van der Waals surface area contributed by atoms with Gasteiger partial charge in [0.2, 0.25) is 5.91 Å². The molecule has 1 unspecified atom stereocenters. The third-order valence-corrected chi connectivity index (χ3v) is 6.92. The van der Waals surface area contributed by atoms with Crippen LogP contribution in [0.2, 0.25) is 0 Å². The molecule has 0 aromatic heterocycles. The number of allylic oxidation sites excluding steroid dienone is 1. The van der Waals surface area contributed by atoms with Crippen molar-refractivity contribution in [2.24, 2.45) is 11.3 Å². The average Bonchev–Trinajstić information content (AvgIpc) is 3.22. The Bertz CT molecular complexity index is 955. The van der Waals surface area contributed by atoms with Crippen molar-refractivity contribution in [2.75, 3.05) is 32.9 Å². The lowest BCUT2D eigenvalue weighted by Crippen LogP contribution is -2.30. The Morgan fingerprint density at radius 2 is 1.43 bits per heavy atom. The fourth-order valence-corrected chi connectivity index (χ4v) is 5.06. The molecule has 2 aromatic carbocycles. The van der Waals surface area contributed by atoms with E-state index < -0.39 is 0 Å². The fraction of sp³-hybridized carbons (Fsp3) is 0.484. The molecule has 0 N–H and O–H groups in total. The lowest BCUT2D eigenvalue weighted by atomic mass is 9.86. The van der Waals surface area contributed by atoms with Gasteiger partial charge in [-0.3, -0.25) is 9.59 Å². The molecule has 0 aliphatic heterocycles. The molecule has 200 valence electrons. The summed E-state index contributed by atoms with van der Waals surface area (Å²) in [6, 6.07) is 20.2. The van der Waals surface area contributed by atoms with Gasteiger partial charge in [-0.05, 0) is 50.7 Å². The second-order valence-corrected chi connectivity index (χ2v) is 9.77. The number of hydrogen-bond donors (Lipinski definition) is 0. The lowest BCUT2D eigenvalue weighted by molar-refractivity contribution is -0.144. The van der Waals surface area contributed by atoms with Crippen LogP contribution in [0.15, 0.2) is 72.3 Å². The molecule has 6 nitrogen and oxygen atoms in total. The van der Waals surface area contributed by atoms with Crippen LogP contribution in [0.25, 0.3) is 0 Å². The first-order valence-electron chi connectivity index (χ1n) is 13.4. The predicted molar refractivity (Wildman–Crippen MR) is 145 cm³/mol. The summed E-state index contributed by atoms with van der Waals surface area (Å²) in [7, 11) is 0. The van der Waals surface area contributed by atoms with Gasteiger partial charge >= 0.3 is 5.97 Å². The summed E-state index contributed by atoms with van der Waals surface area (Å²) < 4.78 is 17.7. The van der Waals surface area contributed by atoms with Crippen LogP contribution in [0.1, 0.15) is 51.2 Å². The highest BCUT2D eigenvalue weighted by Crippen LogP contribution is 2.48. The molecule has 1 aliphatic rings. The first-order valence-corrected chi connectivity index (χ1v) is 13.4. The fourth-order valence-electron chi connectivity index (χ4n) is 5.06. The quantitative estimate of drug-likeness (QED) is 0.247. The van der Waals surface area contributed by atoms with Crippen molar-refractivity contribution in [1.29, 1.82) is 0 Å². The highest BCUT2D eigenvalue weighted by molar-refractivity contribution is 5.88. The van der Waals surface area contributed by atoms with Crippen molar-refractivity contribution in [3.8, 4) is 0 Å². The number of ether oxygens (including phenoxy) is 3. The number of esters is 1. The number of likely N-dealkylation sites (N-methyl/N-ethyl adjacent to an activating group) is 1. The summed E-state index contributed by atoms with van der Waals surface area (Å²) in [5.74, 6) is -0.334. The van der Waals surface area contributed by atoms with Crippen molar-refractivity contribution >= 4 is 11.9 Å². The van der Waals surface area contributed by atoms with Gasteiger partial charge in [-0.1, -0.05) is 66.2 Å². The molecule has 0 bridgehead atoms. The zero-order valence-corrected chi connectivity index (χ0v) is 22.5. The topological polar surface area (TPSA) is 65.1 Å². The summed E-state index contributed by atoms with van der Waals surface area (Å²) in [6.45, 7) is 9.36. The first-order chi connectivity index (χ1) is 18.0. The maximum absolute atomic E-state index is 13.0. The van der Waals surface area contributed by atoms with Gasteiger partial charge in [-0.25, -0.2) is 0 Å². The largest absolute Gasteiger partial charge is 0.466 e. The normalized spacial score (nSPS) is 17.6. The van der Waals surface area contributed by atoms with Crippen LogP contribution in [0.5, 0.6) is 0 Å². The standard InChI is InChI=1S/C31H41NO5/c1-4-32(5-2)29(33)17-27-19-31(20-28(27)18-30(34)37-6-3,23-35-21-25-13-9-7-10-14-25)24-36-22-26-15-11-8-12-16-26/h7-17,28H,4-6,18-24H2,1-3H3. The number of nitrogens with zero attached hydrogens (tertiary/aromatic N) is 1. The Labute approximate surface area is 221 Å². The van der Waals surface area contributed by atoms with Gasteiger partial charge in [0.1, 0.15) is 0 Å². The minimum atomic E-state index is -0.337. The molecular formula is C31H41NO5. The lowest BCUT2D eigenvalue weighted by Gasteiger charge is -2.29. The molecule has 1 atom stereocenters. The average molecular weight is 508 g/mol. The zero-order chi connectivity index (χ0) is 26.5. The monoisotopic (exact) mass is 507 g/mol. The molecule has 0 saturated heterocycles. The summed E-state index contributed by atoms with van der Waals surface area (Å²) in [6.07, 6.45) is 3.35. The van der Waals surface area contributed by atoms with Crippen molar-refractivity contribution in [3.05, 3.63) is 83.4 Å². The first kappa shape index (κ1) is 28.6. The highest BCUT2D eigenvalue weighted by atomic mass is 16.5. The van der Waals surface area contributed by atoms with E-state index in [9.17, 15) is 9.59 Å². The number of amides is 1. The highest BCUT2D eigenvalue weighted by Gasteiger charge is 2.44. The van der Waals surface area contributed by atoms with Crippen molar-refractivity contribution in [2.45, 2.75) is 53.2 Å². The van der Waals surface area contributed by atoms with E-state index >= 15 is 0 Å². The molecule has 0 radical (unpaired) electrons. The molecular weight excluding hydrogens is 466 g/mol. The number of benzene rings is 2. The summed E-state index contributed by atoms with van der Waals surface area (Å²) in [5, 5.41) is 0. The van der Waals surface area contributed by atoms with Gasteiger partial charge in [-0.2, -0.15) is 0 Å². The Kier molecular flexibility index (Phi) is 11.4. The maximum Gasteiger partial charge on any atom is 0.306 e. The van der Waals surface area contributed by atoms with E-state index in [1.807, 2.05) is 81.4 Å². The second kappa shape index (κ2) is 14.7. The Morgan fingerprint density at radius 3 is 1.92 bits per heavy atom. The van der Waals surface area contributed by atoms with E-state index in [2.05, 4.69) is 0 Å². The summed E-state index contributed by atoms with van der Waals surface area (Å²) in [5.41, 5.74) is 2.86. The van der Waals surface area contributed by atoms with Crippen molar-refractivity contribution < 1.29 is 23.8 Å². The molecule has 6 heteroatoms. The number of rotatable bonds is 14. The van der Waals surface area contributed by atoms with Gasteiger partial charge in [0.15, 0.2) is 0 Å². The molecule has 2 aromatic rings. The van der Waals surface area contributed by atoms with Crippen molar-refractivity contribution in [3.63, 3.8) is 0 Å². The van der Waals surface area contributed by atoms with Crippen LogP contribution in [-0.4, -0.2) is 49.7 Å². The molecule has 0 spiro atoms. The van der Waals surface area contributed by atoms with Crippen LogP contribution >= 0.6 is 0 Å². The summed E-state index contributed by atoms with van der Waals surface area (Å²) in [4.78, 5) is 27.3. The van der Waals surface area contributed by atoms with E-state index in [1.165, 1.54) is 0 Å². The van der Waals surface area contributed by atoms with Gasteiger partial charge < -0.3 is 19.1 Å². The molecule has 1 saturated carbocycles. The van der Waals surface area contributed by atoms with Gasteiger partial charge in [0.25, 0.3) is 0 Å². The number of hydrogen-bond acceptors (Lipinski definition) is 5. The van der Waals surface area contributed by atoms with Gasteiger partial charge in [0.05, 0.1) is 39.5 Å². The van der Waals surface area contributed by atoms with E-state index in [-0.39, 0.29) is 29.6 Å². The van der Waals surface area contributed by atoms with Crippen molar-refractivity contribution in [1.82, 2.24) is 4.90 Å². The third kappa shape index (κ3) is 8.83. The van der Waals surface area contributed by atoms with E-state index in [0.29, 0.717) is 59.0 Å². The zero-order valence-electron chi connectivity index (χ0n) is 22.5. The predicted octanol–water partition coefficient (Wildman–Crippen LogP) is 5.56. The molecule has 3 rings (SSSR count). The van der Waals surface area contributed by atoms with Crippen LogP contribution in [0, 0.1) is 11.3 Å². The Balaban J connectivity index is 1.80.